The third kappa shape index (κ3) is 1.55. The number of nitrogens with zero attached hydrogens (tertiary/aromatic N) is 3. The summed E-state index contributed by atoms with van der Waals surface area (Å²) in [4.78, 5) is 16.0. The molecule has 1 aliphatic rings. The third-order valence-corrected chi connectivity index (χ3v) is 3.08. The number of benzene rings is 1. The van der Waals surface area contributed by atoms with E-state index in [1.54, 1.807) is 0 Å². The standard InChI is InChI=1S/C13H13N3O2/c1-9-7-11-14-12(17)8-13(18)16(11)15(9)10-5-3-2-4-6-10/h2-6,8-9,17H,7H2,1H3. The number of rotatable bonds is 1. The van der Waals surface area contributed by atoms with Crippen molar-refractivity contribution < 1.29 is 5.11 Å². The van der Waals surface area contributed by atoms with E-state index in [2.05, 4.69) is 4.98 Å². The maximum atomic E-state index is 12.0. The highest BCUT2D eigenvalue weighted by Crippen LogP contribution is 2.24. The minimum atomic E-state index is -0.259. The molecule has 5 heteroatoms. The van der Waals surface area contributed by atoms with Crippen molar-refractivity contribution in [1.82, 2.24) is 9.66 Å². The second-order valence-corrected chi connectivity index (χ2v) is 4.41. The molecule has 0 spiro atoms. The lowest BCUT2D eigenvalue weighted by atomic mass is 10.2. The molecular weight excluding hydrogens is 230 g/mol. The number of fused-ring (bicyclic) bond motifs is 1. The van der Waals surface area contributed by atoms with Crippen LogP contribution in [-0.2, 0) is 6.42 Å². The fraction of sp³-hybridized carbons (Fsp3) is 0.231. The third-order valence-electron chi connectivity index (χ3n) is 3.08. The van der Waals surface area contributed by atoms with Crippen LogP contribution in [0.1, 0.15) is 12.7 Å². The second kappa shape index (κ2) is 3.87. The Kier molecular flexibility index (Phi) is 2.33. The second-order valence-electron chi connectivity index (χ2n) is 4.41. The molecule has 1 aromatic carbocycles. The normalized spacial score (nSPS) is 17.8. The first-order valence-corrected chi connectivity index (χ1v) is 5.83. The molecule has 0 saturated heterocycles. The monoisotopic (exact) mass is 243 g/mol. The van der Waals surface area contributed by atoms with Crippen LogP contribution in [0.25, 0.3) is 0 Å². The van der Waals surface area contributed by atoms with Gasteiger partial charge in [0.2, 0.25) is 5.88 Å². The quantitative estimate of drug-likeness (QED) is 0.816. The molecule has 2 aromatic rings. The van der Waals surface area contributed by atoms with Crippen LogP contribution in [0, 0.1) is 0 Å². The zero-order valence-electron chi connectivity index (χ0n) is 9.95. The number of aromatic hydroxyl groups is 1. The molecule has 3 rings (SSSR count). The summed E-state index contributed by atoms with van der Waals surface area (Å²) in [7, 11) is 0. The van der Waals surface area contributed by atoms with E-state index in [4.69, 9.17) is 0 Å². The molecule has 1 atom stereocenters. The molecule has 0 saturated carbocycles. The Morgan fingerprint density at radius 1 is 1.33 bits per heavy atom. The van der Waals surface area contributed by atoms with E-state index in [1.165, 1.54) is 4.68 Å². The van der Waals surface area contributed by atoms with Gasteiger partial charge in [0.1, 0.15) is 5.82 Å². The summed E-state index contributed by atoms with van der Waals surface area (Å²) in [6, 6.07) is 11.0. The molecule has 0 aliphatic carbocycles. The average Bonchev–Trinajstić information content (AvgIpc) is 2.66. The first-order valence-electron chi connectivity index (χ1n) is 5.83. The summed E-state index contributed by atoms with van der Waals surface area (Å²) in [5.74, 6) is 0.379. The van der Waals surface area contributed by atoms with Crippen molar-refractivity contribution in [3.05, 3.63) is 52.6 Å². The molecule has 0 fully saturated rings. The zero-order valence-corrected chi connectivity index (χ0v) is 9.95. The molecule has 92 valence electrons. The molecule has 2 heterocycles. The van der Waals surface area contributed by atoms with Crippen LogP contribution in [0.2, 0.25) is 0 Å². The Bertz CT molecular complexity index is 636. The first kappa shape index (κ1) is 10.8. The van der Waals surface area contributed by atoms with Gasteiger partial charge in [0.25, 0.3) is 5.56 Å². The molecule has 0 amide bonds. The van der Waals surface area contributed by atoms with Gasteiger partial charge >= 0.3 is 0 Å². The maximum Gasteiger partial charge on any atom is 0.276 e. The predicted molar refractivity (Wildman–Crippen MR) is 67.6 cm³/mol. The molecule has 5 nitrogen and oxygen atoms in total. The van der Waals surface area contributed by atoms with E-state index >= 15 is 0 Å². The van der Waals surface area contributed by atoms with Crippen molar-refractivity contribution in [3.8, 4) is 5.88 Å². The number of hydrogen-bond acceptors (Lipinski definition) is 4. The van der Waals surface area contributed by atoms with Crippen LogP contribution in [0.5, 0.6) is 5.88 Å². The zero-order chi connectivity index (χ0) is 12.7. The molecule has 1 unspecified atom stereocenters. The van der Waals surface area contributed by atoms with Gasteiger partial charge in [-0.2, -0.15) is 4.98 Å². The van der Waals surface area contributed by atoms with Crippen LogP contribution < -0.4 is 10.6 Å². The molecular formula is C13H13N3O2. The summed E-state index contributed by atoms with van der Waals surface area (Å²) in [6.07, 6.45) is 0.637. The Morgan fingerprint density at radius 3 is 2.78 bits per heavy atom. The highest BCUT2D eigenvalue weighted by Gasteiger charge is 2.29. The van der Waals surface area contributed by atoms with Gasteiger partial charge in [0.15, 0.2) is 0 Å². The van der Waals surface area contributed by atoms with Gasteiger partial charge < -0.3 is 5.11 Å². The van der Waals surface area contributed by atoms with E-state index in [0.717, 1.165) is 11.8 Å². The summed E-state index contributed by atoms with van der Waals surface area (Å²) in [5.41, 5.74) is 0.684. The van der Waals surface area contributed by atoms with Crippen molar-refractivity contribution in [2.45, 2.75) is 19.4 Å². The van der Waals surface area contributed by atoms with E-state index in [1.807, 2.05) is 42.3 Å². The fourth-order valence-electron chi connectivity index (χ4n) is 2.37. The Hall–Kier alpha value is -2.30. The van der Waals surface area contributed by atoms with Gasteiger partial charge in [-0.05, 0) is 19.1 Å². The summed E-state index contributed by atoms with van der Waals surface area (Å²) in [5, 5.41) is 11.3. The molecule has 1 aliphatic heterocycles. The lowest BCUT2D eigenvalue weighted by Crippen LogP contribution is -2.39. The van der Waals surface area contributed by atoms with Crippen LogP contribution in [0.3, 0.4) is 0 Å². The molecule has 18 heavy (non-hydrogen) atoms. The molecule has 1 N–H and O–H groups in total. The van der Waals surface area contributed by atoms with Crippen LogP contribution >= 0.6 is 0 Å². The maximum absolute atomic E-state index is 12.0. The highest BCUT2D eigenvalue weighted by atomic mass is 16.3. The molecule has 1 aromatic heterocycles. The summed E-state index contributed by atoms with van der Waals surface area (Å²) >= 11 is 0. The van der Waals surface area contributed by atoms with Crippen molar-refractivity contribution >= 4 is 5.69 Å². The number of aromatic nitrogens is 2. The minimum Gasteiger partial charge on any atom is -0.493 e. The van der Waals surface area contributed by atoms with Gasteiger partial charge in [0.05, 0.1) is 17.8 Å². The molecule has 0 radical (unpaired) electrons. The van der Waals surface area contributed by atoms with Gasteiger partial charge in [0, 0.05) is 6.42 Å². The van der Waals surface area contributed by atoms with Gasteiger partial charge in [-0.25, -0.2) is 4.68 Å². The topological polar surface area (TPSA) is 58.4 Å². The van der Waals surface area contributed by atoms with Crippen LogP contribution in [0.15, 0.2) is 41.2 Å². The number of anilines is 1. The minimum absolute atomic E-state index is 0.134. The van der Waals surface area contributed by atoms with E-state index in [0.29, 0.717) is 12.2 Å². The smallest absolute Gasteiger partial charge is 0.276 e. The van der Waals surface area contributed by atoms with Gasteiger partial charge in [-0.3, -0.25) is 9.80 Å². The largest absolute Gasteiger partial charge is 0.493 e. The highest BCUT2D eigenvalue weighted by molar-refractivity contribution is 5.48. The lowest BCUT2D eigenvalue weighted by Gasteiger charge is -2.25. The van der Waals surface area contributed by atoms with Crippen molar-refractivity contribution in [2.24, 2.45) is 0 Å². The van der Waals surface area contributed by atoms with Gasteiger partial charge in [-0.1, -0.05) is 18.2 Å². The summed E-state index contributed by atoms with van der Waals surface area (Å²) in [6.45, 7) is 2.03. The Labute approximate surface area is 104 Å². The number of para-hydroxylation sites is 1. The van der Waals surface area contributed by atoms with E-state index in [-0.39, 0.29) is 17.5 Å². The average molecular weight is 243 g/mol. The van der Waals surface area contributed by atoms with E-state index in [9.17, 15) is 9.90 Å². The number of hydrogen-bond donors (Lipinski definition) is 1. The van der Waals surface area contributed by atoms with Crippen molar-refractivity contribution in [1.29, 1.82) is 0 Å². The lowest BCUT2D eigenvalue weighted by molar-refractivity contribution is 0.445. The predicted octanol–water partition coefficient (Wildman–Crippen LogP) is 1.16. The van der Waals surface area contributed by atoms with Crippen molar-refractivity contribution in [2.75, 3.05) is 5.01 Å². The summed E-state index contributed by atoms with van der Waals surface area (Å²) < 4.78 is 1.53. The van der Waals surface area contributed by atoms with Crippen molar-refractivity contribution in [3.63, 3.8) is 0 Å². The van der Waals surface area contributed by atoms with E-state index < -0.39 is 0 Å². The van der Waals surface area contributed by atoms with Crippen LogP contribution in [0.4, 0.5) is 5.69 Å². The SMILES string of the molecule is CC1Cc2nc(O)cc(=O)n2N1c1ccccc1. The van der Waals surface area contributed by atoms with Crippen LogP contribution in [-0.4, -0.2) is 20.8 Å². The van der Waals surface area contributed by atoms with Gasteiger partial charge in [-0.15, -0.1) is 0 Å². The first-order chi connectivity index (χ1) is 8.66. The Balaban J connectivity index is 2.18. The fourth-order valence-corrected chi connectivity index (χ4v) is 2.37. The molecule has 0 bridgehead atoms. The Morgan fingerprint density at radius 2 is 2.06 bits per heavy atom.